The number of hydrogen-bond acceptors (Lipinski definition) is 16. The van der Waals surface area contributed by atoms with Gasteiger partial charge in [-0.1, -0.05) is 59.3 Å². The molecule has 3 unspecified atom stereocenters. The van der Waals surface area contributed by atoms with Gasteiger partial charge in [-0.05, 0) is 105 Å². The first-order valence-electron chi connectivity index (χ1n) is 23.2. The summed E-state index contributed by atoms with van der Waals surface area (Å²) in [6.45, 7) is 15.1. The number of aliphatic hydroxyl groups excluding tert-OH is 9. The van der Waals surface area contributed by atoms with Gasteiger partial charge < -0.3 is 74.7 Å². The molecular formula is C47H74O17. The van der Waals surface area contributed by atoms with Crippen LogP contribution in [-0.2, 0) is 33.3 Å². The lowest BCUT2D eigenvalue weighted by atomic mass is 9.33. The smallest absolute Gasteiger partial charge is 0.335 e. The van der Waals surface area contributed by atoms with Crippen LogP contribution in [0.4, 0.5) is 0 Å². The van der Waals surface area contributed by atoms with Crippen LogP contribution in [0.3, 0.4) is 0 Å². The van der Waals surface area contributed by atoms with E-state index in [1.54, 1.807) is 19.9 Å². The van der Waals surface area contributed by atoms with E-state index in [9.17, 15) is 60.7 Å². The van der Waals surface area contributed by atoms with Crippen molar-refractivity contribution in [3.63, 3.8) is 0 Å². The summed E-state index contributed by atoms with van der Waals surface area (Å²) in [4.78, 5) is 25.7. The Morgan fingerprint density at radius 1 is 0.781 bits per heavy atom. The van der Waals surface area contributed by atoms with E-state index in [-0.39, 0.29) is 47.2 Å². The van der Waals surface area contributed by atoms with E-state index < -0.39 is 115 Å². The van der Waals surface area contributed by atoms with Crippen molar-refractivity contribution in [3.05, 3.63) is 23.3 Å². The van der Waals surface area contributed by atoms with E-state index in [1.165, 1.54) is 5.57 Å². The average molecular weight is 911 g/mol. The molecule has 2 aliphatic heterocycles. The molecule has 0 aromatic carbocycles. The van der Waals surface area contributed by atoms with Crippen LogP contribution in [0.2, 0.25) is 0 Å². The van der Waals surface area contributed by atoms with Crippen molar-refractivity contribution in [1.82, 2.24) is 0 Å². The first-order chi connectivity index (χ1) is 29.8. The average Bonchev–Trinajstić information content (AvgIpc) is 3.23. The Labute approximate surface area is 375 Å². The van der Waals surface area contributed by atoms with Gasteiger partial charge in [0.2, 0.25) is 0 Å². The molecule has 364 valence electrons. The highest BCUT2D eigenvalue weighted by molar-refractivity contribution is 5.87. The van der Waals surface area contributed by atoms with Crippen LogP contribution in [-0.4, -0.2) is 163 Å². The zero-order valence-electron chi connectivity index (χ0n) is 38.5. The maximum absolute atomic E-state index is 13.3. The second-order valence-electron chi connectivity index (χ2n) is 22.1. The lowest BCUT2D eigenvalue weighted by Gasteiger charge is -2.72. The Kier molecular flexibility index (Phi) is 13.6. The third kappa shape index (κ3) is 7.46. The van der Waals surface area contributed by atoms with E-state index in [1.807, 2.05) is 6.92 Å². The van der Waals surface area contributed by atoms with Crippen molar-refractivity contribution >= 4 is 11.9 Å². The summed E-state index contributed by atoms with van der Waals surface area (Å²) in [7, 11) is 0. The first-order valence-corrected chi connectivity index (χ1v) is 23.2. The number of carbonyl (C=O) groups is 2. The SMILES string of the molecule is C/C=C(\C)C(=O)O[C@H]1CC(C)(C)C[C@@H]2C3=CC[C@@H]4[C@@]5(C)CCC(O[C@@H]6O[C@H](C(=O)O)[C@@H](O)[C@H](O[C@@H]7O[C@H](CO)[C@@H](O)[C@H](O)[C@H]7O)[C@H]6O)[C@@](C)(CO)[C@@H]5CC[C@@]4(C)[C@]3(C)CC(O)C12CO. The van der Waals surface area contributed by atoms with E-state index in [0.29, 0.717) is 50.5 Å². The Hall–Kier alpha value is -2.10. The molecule has 0 aromatic heterocycles. The normalized spacial score (nSPS) is 51.4. The van der Waals surface area contributed by atoms with Crippen LogP contribution < -0.4 is 0 Å². The minimum absolute atomic E-state index is 0.0788. The summed E-state index contributed by atoms with van der Waals surface area (Å²) in [5, 5.41) is 109. The van der Waals surface area contributed by atoms with Crippen LogP contribution in [0.15, 0.2) is 23.3 Å². The fourth-order valence-corrected chi connectivity index (χ4v) is 14.4. The zero-order valence-corrected chi connectivity index (χ0v) is 38.5. The maximum atomic E-state index is 13.3. The van der Waals surface area contributed by atoms with Crippen LogP contribution in [0.5, 0.6) is 0 Å². The summed E-state index contributed by atoms with van der Waals surface area (Å²) in [6.07, 6.45) is -11.7. The number of aliphatic hydroxyl groups is 9. The number of aliphatic carboxylic acids is 1. The molecular weight excluding hydrogens is 836 g/mol. The quantitative estimate of drug-likeness (QED) is 0.0640. The molecule has 0 amide bonds. The number of hydrogen-bond donors (Lipinski definition) is 10. The summed E-state index contributed by atoms with van der Waals surface area (Å²) in [5.74, 6) is -2.36. The van der Waals surface area contributed by atoms with Gasteiger partial charge in [-0.3, -0.25) is 0 Å². The van der Waals surface area contributed by atoms with Gasteiger partial charge in [0.15, 0.2) is 18.7 Å². The molecule has 17 heteroatoms. The molecule has 6 fully saturated rings. The highest BCUT2D eigenvalue weighted by atomic mass is 16.7. The zero-order chi connectivity index (χ0) is 47.3. The van der Waals surface area contributed by atoms with Gasteiger partial charge in [-0.2, -0.15) is 0 Å². The van der Waals surface area contributed by atoms with Gasteiger partial charge in [0, 0.05) is 11.0 Å². The fourth-order valence-electron chi connectivity index (χ4n) is 14.4. The first kappa shape index (κ1) is 49.8. The second-order valence-corrected chi connectivity index (χ2v) is 22.1. The number of ether oxygens (including phenoxy) is 5. The molecule has 7 aliphatic rings. The summed E-state index contributed by atoms with van der Waals surface area (Å²) < 4.78 is 29.6. The van der Waals surface area contributed by atoms with E-state index in [4.69, 9.17) is 23.7 Å². The van der Waals surface area contributed by atoms with E-state index >= 15 is 0 Å². The highest BCUT2D eigenvalue weighted by Gasteiger charge is 2.72. The second kappa shape index (κ2) is 17.5. The minimum Gasteiger partial charge on any atom is -0.479 e. The van der Waals surface area contributed by atoms with Crippen molar-refractivity contribution in [2.75, 3.05) is 19.8 Å². The molecule has 4 saturated carbocycles. The lowest BCUT2D eigenvalue weighted by molar-refractivity contribution is -0.366. The molecule has 0 radical (unpaired) electrons. The minimum atomic E-state index is -2.01. The molecule has 0 spiro atoms. The van der Waals surface area contributed by atoms with Crippen LogP contribution in [0.25, 0.3) is 0 Å². The lowest BCUT2D eigenvalue weighted by Crippen LogP contribution is -2.70. The molecule has 5 aliphatic carbocycles. The van der Waals surface area contributed by atoms with Gasteiger partial charge >= 0.3 is 11.9 Å². The maximum Gasteiger partial charge on any atom is 0.335 e. The third-order valence-corrected chi connectivity index (χ3v) is 18.4. The molecule has 7 rings (SSSR count). The van der Waals surface area contributed by atoms with Gasteiger partial charge in [0.05, 0.1) is 37.4 Å². The Balaban J connectivity index is 1.17. The van der Waals surface area contributed by atoms with Crippen LogP contribution in [0, 0.1) is 50.2 Å². The topological polar surface area (TPSA) is 283 Å². The number of fused-ring (bicyclic) bond motifs is 7. The van der Waals surface area contributed by atoms with Gasteiger partial charge in [0.25, 0.3) is 0 Å². The third-order valence-electron chi connectivity index (χ3n) is 18.4. The Morgan fingerprint density at radius 3 is 2.06 bits per heavy atom. The standard InChI is InChI=1S/C47H74O17/c1-9-22(2)39(59)61-30-18-42(3,4)16-24-23-10-11-27-43(5)14-13-29(44(6,20-49)26(43)12-15-45(27,7)46(23,8)17-28(51)47(24,30)21-50)62-41-35(56)36(34(55)37(64-41)38(57)58)63-40-33(54)32(53)31(52)25(19-48)60-40/h9-10,24-37,40-41,48-56H,11-21H2,1-8H3,(H,57,58)/b22-9+/t24-,25-,26-,27-,28?,29?,30+,31-,32+,33-,34+,35-,36+,37+,40+,41-,43+,44+,45-,46-,47?/m1/s1. The van der Waals surface area contributed by atoms with Crippen LogP contribution in [0.1, 0.15) is 107 Å². The number of allylic oxidation sites excluding steroid dienone is 3. The van der Waals surface area contributed by atoms with Crippen molar-refractivity contribution in [2.45, 2.75) is 186 Å². The monoisotopic (exact) mass is 910 g/mol. The molecule has 2 saturated heterocycles. The van der Waals surface area contributed by atoms with Crippen molar-refractivity contribution in [1.29, 1.82) is 0 Å². The largest absolute Gasteiger partial charge is 0.479 e. The van der Waals surface area contributed by atoms with Gasteiger partial charge in [0.1, 0.15) is 48.8 Å². The highest BCUT2D eigenvalue weighted by Crippen LogP contribution is 2.76. The van der Waals surface area contributed by atoms with Crippen LogP contribution >= 0.6 is 0 Å². The predicted molar refractivity (Wildman–Crippen MR) is 225 cm³/mol. The fraction of sp³-hybridized carbons (Fsp3) is 0.872. The molecule has 64 heavy (non-hydrogen) atoms. The molecule has 2 heterocycles. The molecule has 0 aromatic rings. The Morgan fingerprint density at radius 2 is 1.45 bits per heavy atom. The number of carbonyl (C=O) groups excluding carboxylic acids is 1. The van der Waals surface area contributed by atoms with Gasteiger partial charge in [-0.25, -0.2) is 9.59 Å². The van der Waals surface area contributed by atoms with Crippen molar-refractivity contribution in [3.8, 4) is 0 Å². The summed E-state index contributed by atoms with van der Waals surface area (Å²) in [5.41, 5.74) is -1.84. The summed E-state index contributed by atoms with van der Waals surface area (Å²) in [6, 6.07) is 0. The van der Waals surface area contributed by atoms with Gasteiger partial charge in [-0.15, -0.1) is 0 Å². The van der Waals surface area contributed by atoms with Crippen molar-refractivity contribution < 1.29 is 84.3 Å². The number of carboxylic acids is 1. The summed E-state index contributed by atoms with van der Waals surface area (Å²) >= 11 is 0. The van der Waals surface area contributed by atoms with E-state index in [2.05, 4.69) is 40.7 Å². The van der Waals surface area contributed by atoms with Crippen molar-refractivity contribution in [2.24, 2.45) is 50.2 Å². The number of rotatable bonds is 10. The number of esters is 1. The molecule has 0 bridgehead atoms. The molecule has 21 atom stereocenters. The molecule has 17 nitrogen and oxygen atoms in total. The number of carboxylic acid groups (broad SMARTS) is 1. The Bertz CT molecular complexity index is 1820. The molecule has 10 N–H and O–H groups in total. The predicted octanol–water partition coefficient (Wildman–Crippen LogP) is 1.31. The van der Waals surface area contributed by atoms with E-state index in [0.717, 1.165) is 6.42 Å².